The van der Waals surface area contributed by atoms with Crippen LogP contribution in [0.25, 0.3) is 0 Å². The first kappa shape index (κ1) is 14.0. The third-order valence-electron chi connectivity index (χ3n) is 2.34. The molecule has 18 heavy (non-hydrogen) atoms. The van der Waals surface area contributed by atoms with Crippen LogP contribution in [0.1, 0.15) is 20.3 Å². The summed E-state index contributed by atoms with van der Waals surface area (Å²) in [5.41, 5.74) is 0.473. The lowest BCUT2D eigenvalue weighted by Crippen LogP contribution is -2.36. The van der Waals surface area contributed by atoms with Gasteiger partial charge in [-0.25, -0.2) is 0 Å². The Morgan fingerprint density at radius 3 is 2.22 bits per heavy atom. The summed E-state index contributed by atoms with van der Waals surface area (Å²) in [5.74, 6) is -1.07. The van der Waals surface area contributed by atoms with Crippen molar-refractivity contribution in [3.05, 3.63) is 24.3 Å². The van der Waals surface area contributed by atoms with Crippen molar-refractivity contribution in [2.45, 2.75) is 20.3 Å². The fraction of sp³-hybridized carbons (Fsp3) is 0.385. The first-order valence-electron chi connectivity index (χ1n) is 5.71. The lowest BCUT2D eigenvalue weighted by molar-refractivity contribution is -0.136. The summed E-state index contributed by atoms with van der Waals surface area (Å²) in [6.07, 6.45) is 0.286. The van der Waals surface area contributed by atoms with Gasteiger partial charge < -0.3 is 15.1 Å². The highest BCUT2D eigenvalue weighted by molar-refractivity contribution is 5.97. The number of carboxylic acid groups (broad SMARTS) is 1. The Bertz CT molecular complexity index is 425. The molecule has 1 amide bonds. The summed E-state index contributed by atoms with van der Waals surface area (Å²) in [7, 11) is 0. The van der Waals surface area contributed by atoms with E-state index in [-0.39, 0.29) is 30.5 Å². The Hall–Kier alpha value is -2.04. The second kappa shape index (κ2) is 6.05. The van der Waals surface area contributed by atoms with Crippen molar-refractivity contribution in [3.8, 4) is 5.75 Å². The Labute approximate surface area is 106 Å². The second-order valence-electron chi connectivity index (χ2n) is 4.49. The van der Waals surface area contributed by atoms with Crippen LogP contribution in [0.2, 0.25) is 0 Å². The molecule has 0 aliphatic heterocycles. The molecular weight excluding hydrogens is 234 g/mol. The summed E-state index contributed by atoms with van der Waals surface area (Å²) >= 11 is 0. The molecule has 98 valence electrons. The summed E-state index contributed by atoms with van der Waals surface area (Å²) in [5, 5.41) is 18.0. The van der Waals surface area contributed by atoms with Crippen LogP contribution in [-0.4, -0.2) is 28.6 Å². The zero-order chi connectivity index (χ0) is 13.7. The quantitative estimate of drug-likeness (QED) is 0.837. The van der Waals surface area contributed by atoms with E-state index in [1.807, 2.05) is 13.8 Å². The Balaban J connectivity index is 2.93. The Morgan fingerprint density at radius 1 is 1.22 bits per heavy atom. The number of hydrogen-bond acceptors (Lipinski definition) is 3. The lowest BCUT2D eigenvalue weighted by Gasteiger charge is -2.21. The number of phenols is 1. The van der Waals surface area contributed by atoms with Crippen molar-refractivity contribution < 1.29 is 19.8 Å². The molecule has 0 atom stereocenters. The van der Waals surface area contributed by atoms with Gasteiger partial charge in [0, 0.05) is 12.1 Å². The number of aromatic hydroxyl groups is 1. The monoisotopic (exact) mass is 251 g/mol. The number of aliphatic carboxylic acids is 1. The van der Waals surface area contributed by atoms with Gasteiger partial charge in [-0.3, -0.25) is 9.59 Å². The van der Waals surface area contributed by atoms with Gasteiger partial charge >= 0.3 is 5.97 Å². The molecule has 1 rings (SSSR count). The number of carbonyl (C=O) groups is 2. The number of carbonyl (C=O) groups excluding carboxylic acids is 1. The van der Waals surface area contributed by atoms with Gasteiger partial charge in [0.1, 0.15) is 12.3 Å². The van der Waals surface area contributed by atoms with E-state index < -0.39 is 5.97 Å². The zero-order valence-corrected chi connectivity index (χ0v) is 10.5. The fourth-order valence-electron chi connectivity index (χ4n) is 1.55. The molecule has 2 N–H and O–H groups in total. The third-order valence-corrected chi connectivity index (χ3v) is 2.34. The van der Waals surface area contributed by atoms with Gasteiger partial charge in [-0.05, 0) is 30.2 Å². The van der Waals surface area contributed by atoms with Gasteiger partial charge in [0.05, 0.1) is 0 Å². The highest BCUT2D eigenvalue weighted by Crippen LogP contribution is 2.20. The normalized spacial score (nSPS) is 10.4. The number of anilines is 1. The van der Waals surface area contributed by atoms with E-state index in [9.17, 15) is 14.7 Å². The van der Waals surface area contributed by atoms with Crippen LogP contribution in [0.3, 0.4) is 0 Å². The van der Waals surface area contributed by atoms with E-state index in [2.05, 4.69) is 0 Å². The summed E-state index contributed by atoms with van der Waals surface area (Å²) in [6.45, 7) is 3.41. The molecule has 0 spiro atoms. The SMILES string of the molecule is CC(C)CC(=O)N(CC(=O)O)c1ccc(O)cc1. The molecule has 0 radical (unpaired) electrons. The van der Waals surface area contributed by atoms with Crippen LogP contribution in [0, 0.1) is 5.92 Å². The van der Waals surface area contributed by atoms with Crippen molar-refractivity contribution in [1.29, 1.82) is 0 Å². The van der Waals surface area contributed by atoms with E-state index in [4.69, 9.17) is 5.11 Å². The average Bonchev–Trinajstić information content (AvgIpc) is 2.26. The minimum Gasteiger partial charge on any atom is -0.508 e. The highest BCUT2D eigenvalue weighted by atomic mass is 16.4. The molecule has 0 bridgehead atoms. The standard InChI is InChI=1S/C13H17NO4/c1-9(2)7-12(16)14(8-13(17)18)10-3-5-11(15)6-4-10/h3-6,9,15H,7-8H2,1-2H3,(H,17,18). The molecule has 5 nitrogen and oxygen atoms in total. The average molecular weight is 251 g/mol. The van der Waals surface area contributed by atoms with Gasteiger partial charge in [-0.1, -0.05) is 13.8 Å². The number of hydrogen-bond donors (Lipinski definition) is 2. The molecule has 0 saturated heterocycles. The smallest absolute Gasteiger partial charge is 0.323 e. The summed E-state index contributed by atoms with van der Waals surface area (Å²) < 4.78 is 0. The van der Waals surface area contributed by atoms with Crippen molar-refractivity contribution in [1.82, 2.24) is 0 Å². The molecule has 0 aromatic heterocycles. The molecule has 0 aliphatic carbocycles. The molecular formula is C13H17NO4. The van der Waals surface area contributed by atoms with E-state index in [1.54, 1.807) is 0 Å². The molecule has 1 aromatic carbocycles. The van der Waals surface area contributed by atoms with Gasteiger partial charge in [0.25, 0.3) is 0 Å². The first-order chi connectivity index (χ1) is 8.40. The van der Waals surface area contributed by atoms with Gasteiger partial charge in [-0.2, -0.15) is 0 Å². The molecule has 0 saturated carbocycles. The minimum atomic E-state index is -1.07. The lowest BCUT2D eigenvalue weighted by atomic mass is 10.1. The van der Waals surface area contributed by atoms with Gasteiger partial charge in [-0.15, -0.1) is 0 Å². The maximum atomic E-state index is 12.0. The van der Waals surface area contributed by atoms with Crippen LogP contribution in [0.5, 0.6) is 5.75 Å². The molecule has 0 aliphatic rings. The first-order valence-corrected chi connectivity index (χ1v) is 5.71. The van der Waals surface area contributed by atoms with Crippen LogP contribution >= 0.6 is 0 Å². The number of rotatable bonds is 5. The van der Waals surface area contributed by atoms with Crippen LogP contribution in [0.4, 0.5) is 5.69 Å². The number of nitrogens with zero attached hydrogens (tertiary/aromatic N) is 1. The zero-order valence-electron chi connectivity index (χ0n) is 10.5. The van der Waals surface area contributed by atoms with E-state index in [0.717, 1.165) is 0 Å². The summed E-state index contributed by atoms with van der Waals surface area (Å²) in [6, 6.07) is 5.90. The van der Waals surface area contributed by atoms with E-state index in [0.29, 0.717) is 5.69 Å². The Morgan fingerprint density at radius 2 is 1.78 bits per heavy atom. The van der Waals surface area contributed by atoms with Crippen molar-refractivity contribution in [3.63, 3.8) is 0 Å². The van der Waals surface area contributed by atoms with Crippen LogP contribution < -0.4 is 4.90 Å². The number of benzene rings is 1. The molecule has 0 fully saturated rings. The third kappa shape index (κ3) is 4.08. The van der Waals surface area contributed by atoms with Gasteiger partial charge in [0.15, 0.2) is 0 Å². The maximum absolute atomic E-state index is 12.0. The fourth-order valence-corrected chi connectivity index (χ4v) is 1.55. The molecule has 0 heterocycles. The molecule has 5 heteroatoms. The predicted octanol–water partition coefficient (Wildman–Crippen LogP) is 1.86. The Kier molecular flexibility index (Phi) is 4.71. The van der Waals surface area contributed by atoms with Crippen molar-refractivity contribution in [2.24, 2.45) is 5.92 Å². The molecule has 0 unspecified atom stereocenters. The number of phenolic OH excluding ortho intramolecular Hbond substituents is 1. The largest absolute Gasteiger partial charge is 0.508 e. The van der Waals surface area contributed by atoms with E-state index >= 15 is 0 Å². The number of amides is 1. The van der Waals surface area contributed by atoms with Crippen LogP contribution in [0.15, 0.2) is 24.3 Å². The molecule has 1 aromatic rings. The van der Waals surface area contributed by atoms with Crippen LogP contribution in [-0.2, 0) is 9.59 Å². The number of carboxylic acids is 1. The topological polar surface area (TPSA) is 77.8 Å². The van der Waals surface area contributed by atoms with Crippen molar-refractivity contribution in [2.75, 3.05) is 11.4 Å². The predicted molar refractivity (Wildman–Crippen MR) is 67.6 cm³/mol. The highest BCUT2D eigenvalue weighted by Gasteiger charge is 2.19. The van der Waals surface area contributed by atoms with Crippen molar-refractivity contribution >= 4 is 17.6 Å². The minimum absolute atomic E-state index is 0.0744. The van der Waals surface area contributed by atoms with Gasteiger partial charge in [0.2, 0.25) is 5.91 Å². The second-order valence-corrected chi connectivity index (χ2v) is 4.49. The summed E-state index contributed by atoms with van der Waals surface area (Å²) in [4.78, 5) is 24.0. The maximum Gasteiger partial charge on any atom is 0.323 e. The van der Waals surface area contributed by atoms with E-state index in [1.165, 1.54) is 29.2 Å².